The van der Waals surface area contributed by atoms with Gasteiger partial charge in [-0.1, -0.05) is 0 Å². The van der Waals surface area contributed by atoms with Gasteiger partial charge in [-0.15, -0.1) is 22.7 Å². The Balaban J connectivity index is 2.05. The molecule has 0 aliphatic heterocycles. The first-order valence-corrected chi connectivity index (χ1v) is 7.31. The first-order valence-electron chi connectivity index (χ1n) is 4.75. The maximum absolute atomic E-state index is 12.0. The Labute approximate surface area is 115 Å². The predicted octanol–water partition coefficient (Wildman–Crippen LogP) is 2.82. The van der Waals surface area contributed by atoms with Crippen molar-refractivity contribution >= 4 is 49.6 Å². The van der Waals surface area contributed by atoms with Crippen LogP contribution in [0.2, 0.25) is 0 Å². The van der Waals surface area contributed by atoms with Crippen molar-refractivity contribution in [3.63, 3.8) is 0 Å². The number of amides is 1. The molecule has 2 aromatic rings. The van der Waals surface area contributed by atoms with Gasteiger partial charge in [0, 0.05) is 19.0 Å². The smallest absolute Gasteiger partial charge is 0.273 e. The fraction of sp³-hybridized carbons (Fsp3) is 0.200. The van der Waals surface area contributed by atoms with E-state index in [1.807, 2.05) is 11.4 Å². The number of carbonyl (C=O) groups is 1. The number of hydrogen-bond acceptors (Lipinski definition) is 5. The molecule has 2 N–H and O–H groups in total. The van der Waals surface area contributed by atoms with Crippen LogP contribution >= 0.6 is 38.6 Å². The van der Waals surface area contributed by atoms with Gasteiger partial charge < -0.3 is 10.6 Å². The molecule has 2 aromatic heterocycles. The number of thiazole rings is 1. The van der Waals surface area contributed by atoms with Crippen LogP contribution in [-0.2, 0) is 6.54 Å². The van der Waals surface area contributed by atoms with Crippen LogP contribution in [-0.4, -0.2) is 22.8 Å². The van der Waals surface area contributed by atoms with Gasteiger partial charge in [0.1, 0.15) is 5.69 Å². The van der Waals surface area contributed by atoms with Crippen LogP contribution in [0.1, 0.15) is 16.1 Å². The number of anilines is 1. The Morgan fingerprint density at radius 2 is 2.29 bits per heavy atom. The summed E-state index contributed by atoms with van der Waals surface area (Å²) in [5.74, 6) is -0.111. The van der Waals surface area contributed by atoms with Gasteiger partial charge in [0.05, 0.1) is 3.79 Å². The summed E-state index contributed by atoms with van der Waals surface area (Å²) < 4.78 is 1.06. The molecule has 4 nitrogen and oxygen atoms in total. The Morgan fingerprint density at radius 1 is 1.53 bits per heavy atom. The Morgan fingerprint density at radius 3 is 2.82 bits per heavy atom. The molecule has 2 rings (SSSR count). The third-order valence-corrected chi connectivity index (χ3v) is 4.36. The van der Waals surface area contributed by atoms with Gasteiger partial charge in [-0.2, -0.15) is 0 Å². The molecule has 0 saturated carbocycles. The molecule has 17 heavy (non-hydrogen) atoms. The summed E-state index contributed by atoms with van der Waals surface area (Å²) in [5.41, 5.74) is 7.01. The van der Waals surface area contributed by atoms with E-state index in [1.54, 1.807) is 28.7 Å². The largest absolute Gasteiger partial charge is 0.375 e. The fourth-order valence-corrected chi connectivity index (χ4v) is 3.09. The molecule has 0 fully saturated rings. The van der Waals surface area contributed by atoms with Gasteiger partial charge in [0.2, 0.25) is 0 Å². The van der Waals surface area contributed by atoms with Crippen molar-refractivity contribution < 1.29 is 4.79 Å². The third-order valence-electron chi connectivity index (χ3n) is 2.13. The Bertz CT molecular complexity index is 537. The molecular weight excluding hydrogens is 322 g/mol. The van der Waals surface area contributed by atoms with Gasteiger partial charge in [0.15, 0.2) is 5.13 Å². The standard InChI is InChI=1S/C10H10BrN3OS2/c1-14(3-6-2-8(11)16-4-6)9(15)7-5-17-10(12)13-7/h2,4-5H,3H2,1H3,(H2,12,13). The van der Waals surface area contributed by atoms with Crippen LogP contribution < -0.4 is 5.73 Å². The number of carbonyl (C=O) groups excluding carboxylic acids is 1. The third kappa shape index (κ3) is 3.05. The Hall–Kier alpha value is -0.920. The van der Waals surface area contributed by atoms with E-state index in [0.29, 0.717) is 17.4 Å². The molecule has 0 aromatic carbocycles. The highest BCUT2D eigenvalue weighted by Gasteiger charge is 2.15. The number of thiophene rings is 1. The number of rotatable bonds is 3. The number of nitrogen functional groups attached to an aromatic ring is 1. The van der Waals surface area contributed by atoms with Gasteiger partial charge >= 0.3 is 0 Å². The lowest BCUT2D eigenvalue weighted by atomic mass is 10.3. The fourth-order valence-electron chi connectivity index (χ4n) is 1.36. The second-order valence-corrected chi connectivity index (χ2v) is 6.67. The normalized spacial score (nSPS) is 10.5. The zero-order chi connectivity index (χ0) is 12.4. The first kappa shape index (κ1) is 12.5. The van der Waals surface area contributed by atoms with Gasteiger partial charge in [-0.25, -0.2) is 4.98 Å². The van der Waals surface area contributed by atoms with Crippen molar-refractivity contribution in [2.45, 2.75) is 6.54 Å². The summed E-state index contributed by atoms with van der Waals surface area (Å²) in [7, 11) is 1.75. The minimum absolute atomic E-state index is 0.111. The minimum atomic E-state index is -0.111. The van der Waals surface area contributed by atoms with E-state index in [0.717, 1.165) is 9.35 Å². The molecule has 90 valence electrons. The SMILES string of the molecule is CN(Cc1csc(Br)c1)C(=O)c1csc(N)n1. The topological polar surface area (TPSA) is 59.2 Å². The van der Waals surface area contributed by atoms with Crippen LogP contribution in [0, 0.1) is 0 Å². The summed E-state index contributed by atoms with van der Waals surface area (Å²) in [4.78, 5) is 17.6. The molecule has 0 unspecified atom stereocenters. The van der Waals surface area contributed by atoms with Crippen molar-refractivity contribution in [1.29, 1.82) is 0 Å². The zero-order valence-corrected chi connectivity index (χ0v) is 12.2. The quantitative estimate of drug-likeness (QED) is 0.940. The maximum atomic E-state index is 12.0. The van der Waals surface area contributed by atoms with Crippen molar-refractivity contribution in [3.05, 3.63) is 31.9 Å². The van der Waals surface area contributed by atoms with Crippen molar-refractivity contribution in [3.8, 4) is 0 Å². The van der Waals surface area contributed by atoms with Gasteiger partial charge in [-0.3, -0.25) is 4.79 Å². The van der Waals surface area contributed by atoms with E-state index in [-0.39, 0.29) is 5.91 Å². The lowest BCUT2D eigenvalue weighted by Gasteiger charge is -2.14. The molecule has 0 aliphatic carbocycles. The van der Waals surface area contributed by atoms with Gasteiger partial charge in [-0.05, 0) is 32.9 Å². The van der Waals surface area contributed by atoms with Crippen LogP contribution in [0.5, 0.6) is 0 Å². The van der Waals surface area contributed by atoms with E-state index >= 15 is 0 Å². The molecule has 1 amide bonds. The average Bonchev–Trinajstić information content (AvgIpc) is 2.87. The summed E-state index contributed by atoms with van der Waals surface area (Å²) in [6.07, 6.45) is 0. The lowest BCUT2D eigenvalue weighted by molar-refractivity contribution is 0.0780. The van der Waals surface area contributed by atoms with Crippen LogP contribution in [0.3, 0.4) is 0 Å². The number of nitrogens with two attached hydrogens (primary N) is 1. The first-order chi connectivity index (χ1) is 8.06. The highest BCUT2D eigenvalue weighted by Crippen LogP contribution is 2.22. The van der Waals surface area contributed by atoms with Crippen molar-refractivity contribution in [2.24, 2.45) is 0 Å². The molecular formula is C10H10BrN3OS2. The molecule has 0 aliphatic rings. The summed E-state index contributed by atoms with van der Waals surface area (Å²) in [6.45, 7) is 0.568. The molecule has 0 bridgehead atoms. The monoisotopic (exact) mass is 331 g/mol. The highest BCUT2D eigenvalue weighted by molar-refractivity contribution is 9.11. The molecule has 2 heterocycles. The van der Waals surface area contributed by atoms with E-state index in [2.05, 4.69) is 20.9 Å². The van der Waals surface area contributed by atoms with E-state index < -0.39 is 0 Å². The zero-order valence-electron chi connectivity index (χ0n) is 9.01. The summed E-state index contributed by atoms with van der Waals surface area (Å²) in [5, 5.41) is 4.11. The van der Waals surface area contributed by atoms with Crippen LogP contribution in [0.4, 0.5) is 5.13 Å². The van der Waals surface area contributed by atoms with Crippen LogP contribution in [0.25, 0.3) is 0 Å². The van der Waals surface area contributed by atoms with E-state index in [1.165, 1.54) is 11.3 Å². The van der Waals surface area contributed by atoms with Crippen molar-refractivity contribution in [2.75, 3.05) is 12.8 Å². The van der Waals surface area contributed by atoms with Gasteiger partial charge in [0.25, 0.3) is 5.91 Å². The van der Waals surface area contributed by atoms with Crippen LogP contribution in [0.15, 0.2) is 20.6 Å². The molecule has 0 spiro atoms. The number of halogens is 1. The van der Waals surface area contributed by atoms with E-state index in [9.17, 15) is 4.79 Å². The average molecular weight is 332 g/mol. The summed E-state index contributed by atoms with van der Waals surface area (Å²) >= 11 is 6.27. The summed E-state index contributed by atoms with van der Waals surface area (Å²) in [6, 6.07) is 2.00. The second-order valence-electron chi connectivity index (χ2n) is 3.49. The molecule has 7 heteroatoms. The highest BCUT2D eigenvalue weighted by atomic mass is 79.9. The minimum Gasteiger partial charge on any atom is -0.375 e. The predicted molar refractivity (Wildman–Crippen MR) is 74.3 cm³/mol. The molecule has 0 radical (unpaired) electrons. The molecule has 0 atom stereocenters. The lowest BCUT2D eigenvalue weighted by Crippen LogP contribution is -2.26. The van der Waals surface area contributed by atoms with E-state index in [4.69, 9.17) is 5.73 Å². The second kappa shape index (κ2) is 5.16. The van der Waals surface area contributed by atoms with Crippen molar-refractivity contribution in [1.82, 2.24) is 9.88 Å². The number of nitrogens with zero attached hydrogens (tertiary/aromatic N) is 2. The Kier molecular flexibility index (Phi) is 3.80. The molecule has 0 saturated heterocycles. The number of aromatic nitrogens is 1. The number of hydrogen-bond donors (Lipinski definition) is 1. The maximum Gasteiger partial charge on any atom is 0.273 e.